The van der Waals surface area contributed by atoms with Crippen LogP contribution in [0.4, 0.5) is 11.4 Å². The molecule has 0 saturated heterocycles. The minimum atomic E-state index is -0.138. The molecule has 0 spiro atoms. The highest BCUT2D eigenvalue weighted by Crippen LogP contribution is 2.10. The Morgan fingerprint density at radius 1 is 0.962 bits per heavy atom. The zero-order valence-electron chi connectivity index (χ0n) is 15.0. The number of benzene rings is 2. The lowest BCUT2D eigenvalue weighted by Crippen LogP contribution is -2.32. The number of anilines is 2. The number of nitrogens with zero attached hydrogens (tertiary/aromatic N) is 2. The molecule has 2 amide bonds. The fourth-order valence-corrected chi connectivity index (χ4v) is 2.31. The summed E-state index contributed by atoms with van der Waals surface area (Å²) in [6.07, 6.45) is 0.272. The maximum absolute atomic E-state index is 12.0. The van der Waals surface area contributed by atoms with Gasteiger partial charge >= 0.3 is 0 Å². The van der Waals surface area contributed by atoms with Crippen molar-refractivity contribution < 1.29 is 9.59 Å². The molecule has 2 rings (SSSR count). The molecule has 0 unspecified atom stereocenters. The smallest absolute Gasteiger partial charge is 0.238 e. The van der Waals surface area contributed by atoms with Crippen LogP contribution < -0.4 is 10.6 Å². The van der Waals surface area contributed by atoms with Crippen LogP contribution in [0.25, 0.3) is 0 Å². The van der Waals surface area contributed by atoms with Crippen LogP contribution in [0.1, 0.15) is 17.5 Å². The van der Waals surface area contributed by atoms with Gasteiger partial charge in [-0.25, -0.2) is 0 Å². The van der Waals surface area contributed by atoms with Gasteiger partial charge in [-0.2, -0.15) is 5.26 Å². The van der Waals surface area contributed by atoms with E-state index < -0.39 is 0 Å². The number of carbonyl (C=O) groups is 2. The van der Waals surface area contributed by atoms with Crippen LogP contribution >= 0.6 is 0 Å². The third-order valence-corrected chi connectivity index (χ3v) is 3.77. The number of nitrogens with one attached hydrogen (secondary N) is 2. The number of nitriles is 1. The number of hydrogen-bond acceptors (Lipinski definition) is 4. The molecular weight excluding hydrogens is 328 g/mol. The lowest BCUT2D eigenvalue weighted by Gasteiger charge is -2.16. The van der Waals surface area contributed by atoms with Crippen molar-refractivity contribution in [2.75, 3.05) is 30.8 Å². The first-order chi connectivity index (χ1) is 12.5. The van der Waals surface area contributed by atoms with E-state index in [0.29, 0.717) is 17.8 Å². The zero-order valence-corrected chi connectivity index (χ0v) is 15.0. The van der Waals surface area contributed by atoms with Crippen LogP contribution in [0.3, 0.4) is 0 Å². The van der Waals surface area contributed by atoms with E-state index in [2.05, 4.69) is 10.6 Å². The quantitative estimate of drug-likeness (QED) is 0.804. The summed E-state index contributed by atoms with van der Waals surface area (Å²) < 4.78 is 0. The summed E-state index contributed by atoms with van der Waals surface area (Å²) in [5.41, 5.74) is 3.08. The molecule has 134 valence electrons. The SMILES string of the molecule is Cc1ccc(NC(=O)CN(C)CCC(=O)Nc2ccc(C#N)cc2)cc1. The minimum Gasteiger partial charge on any atom is -0.326 e. The topological polar surface area (TPSA) is 85.2 Å². The van der Waals surface area contributed by atoms with Crippen LogP contribution in [0.5, 0.6) is 0 Å². The van der Waals surface area contributed by atoms with E-state index in [1.54, 1.807) is 36.2 Å². The van der Waals surface area contributed by atoms with Gasteiger partial charge in [-0.1, -0.05) is 17.7 Å². The van der Waals surface area contributed by atoms with Crippen molar-refractivity contribution in [1.82, 2.24) is 4.90 Å². The summed E-state index contributed by atoms with van der Waals surface area (Å²) >= 11 is 0. The van der Waals surface area contributed by atoms with Crippen molar-refractivity contribution in [2.45, 2.75) is 13.3 Å². The Morgan fingerprint density at radius 2 is 1.50 bits per heavy atom. The monoisotopic (exact) mass is 350 g/mol. The Hall–Kier alpha value is -3.17. The first kappa shape index (κ1) is 19.2. The molecule has 6 heteroatoms. The van der Waals surface area contributed by atoms with Crippen molar-refractivity contribution in [1.29, 1.82) is 5.26 Å². The van der Waals surface area contributed by atoms with Crippen molar-refractivity contribution in [2.24, 2.45) is 0 Å². The van der Waals surface area contributed by atoms with Crippen molar-refractivity contribution >= 4 is 23.2 Å². The van der Waals surface area contributed by atoms with Crippen LogP contribution in [0.2, 0.25) is 0 Å². The number of rotatable bonds is 7. The number of hydrogen-bond donors (Lipinski definition) is 2. The van der Waals surface area contributed by atoms with Gasteiger partial charge in [0.1, 0.15) is 0 Å². The van der Waals surface area contributed by atoms with E-state index in [1.807, 2.05) is 37.3 Å². The van der Waals surface area contributed by atoms with E-state index in [1.165, 1.54) is 0 Å². The molecule has 2 N–H and O–H groups in total. The van der Waals surface area contributed by atoms with E-state index >= 15 is 0 Å². The molecule has 0 fully saturated rings. The molecule has 26 heavy (non-hydrogen) atoms. The lowest BCUT2D eigenvalue weighted by atomic mass is 10.2. The van der Waals surface area contributed by atoms with E-state index in [-0.39, 0.29) is 24.8 Å². The molecule has 0 atom stereocenters. The van der Waals surface area contributed by atoms with Gasteiger partial charge in [-0.3, -0.25) is 14.5 Å². The number of carbonyl (C=O) groups excluding carboxylic acids is 2. The first-order valence-corrected chi connectivity index (χ1v) is 8.31. The van der Waals surface area contributed by atoms with Gasteiger partial charge in [-0.15, -0.1) is 0 Å². The molecule has 0 heterocycles. The van der Waals surface area contributed by atoms with E-state index in [9.17, 15) is 9.59 Å². The third kappa shape index (κ3) is 6.38. The van der Waals surface area contributed by atoms with Gasteiger partial charge in [0, 0.05) is 24.3 Å². The fourth-order valence-electron chi connectivity index (χ4n) is 2.31. The average Bonchev–Trinajstić information content (AvgIpc) is 2.62. The van der Waals surface area contributed by atoms with Crippen molar-refractivity contribution in [3.8, 4) is 6.07 Å². The molecule has 0 aromatic heterocycles. The van der Waals surface area contributed by atoms with Crippen LogP contribution in [-0.2, 0) is 9.59 Å². The summed E-state index contributed by atoms with van der Waals surface area (Å²) in [4.78, 5) is 25.8. The Morgan fingerprint density at radius 3 is 2.08 bits per heavy atom. The molecule has 2 aromatic carbocycles. The molecule has 0 radical (unpaired) electrons. The molecular formula is C20H22N4O2. The van der Waals surface area contributed by atoms with Crippen LogP contribution in [0, 0.1) is 18.3 Å². The molecule has 0 saturated carbocycles. The predicted octanol–water partition coefficient (Wildman–Crippen LogP) is 2.77. The predicted molar refractivity (Wildman–Crippen MR) is 102 cm³/mol. The Bertz CT molecular complexity index is 792. The summed E-state index contributed by atoms with van der Waals surface area (Å²) in [6, 6.07) is 16.3. The maximum atomic E-state index is 12.0. The van der Waals surface area contributed by atoms with E-state index in [4.69, 9.17) is 5.26 Å². The van der Waals surface area contributed by atoms with Crippen LogP contribution in [-0.4, -0.2) is 36.9 Å². The van der Waals surface area contributed by atoms with Gasteiger partial charge in [0.25, 0.3) is 0 Å². The third-order valence-electron chi connectivity index (χ3n) is 3.77. The van der Waals surface area contributed by atoms with E-state index in [0.717, 1.165) is 11.3 Å². The largest absolute Gasteiger partial charge is 0.326 e. The molecule has 0 aliphatic carbocycles. The molecule has 0 aliphatic heterocycles. The fraction of sp³-hybridized carbons (Fsp3) is 0.250. The Balaban J connectivity index is 1.72. The average molecular weight is 350 g/mol. The van der Waals surface area contributed by atoms with Gasteiger partial charge in [0.15, 0.2) is 0 Å². The summed E-state index contributed by atoms with van der Waals surface area (Å²) in [5.74, 6) is -0.260. The van der Waals surface area contributed by atoms with Gasteiger partial charge in [0.05, 0.1) is 18.2 Å². The summed E-state index contributed by atoms with van der Waals surface area (Å²) in [5, 5.41) is 14.4. The lowest BCUT2D eigenvalue weighted by molar-refractivity contribution is -0.119. The second-order valence-corrected chi connectivity index (χ2v) is 6.14. The van der Waals surface area contributed by atoms with Crippen LogP contribution in [0.15, 0.2) is 48.5 Å². The maximum Gasteiger partial charge on any atom is 0.238 e. The highest BCUT2D eigenvalue weighted by molar-refractivity contribution is 5.92. The van der Waals surface area contributed by atoms with Crippen molar-refractivity contribution in [3.05, 3.63) is 59.7 Å². The second kappa shape index (κ2) is 9.35. The minimum absolute atomic E-state index is 0.121. The zero-order chi connectivity index (χ0) is 18.9. The standard InChI is InChI=1S/C20H22N4O2/c1-15-3-7-17(8-4-15)23-20(26)14-24(2)12-11-19(25)22-18-9-5-16(13-21)6-10-18/h3-10H,11-12,14H2,1-2H3,(H,22,25)(H,23,26). The van der Waals surface area contributed by atoms with Gasteiger partial charge in [-0.05, 0) is 50.4 Å². The van der Waals surface area contributed by atoms with Crippen molar-refractivity contribution in [3.63, 3.8) is 0 Å². The van der Waals surface area contributed by atoms with Gasteiger partial charge < -0.3 is 10.6 Å². The number of aryl methyl sites for hydroxylation is 1. The highest BCUT2D eigenvalue weighted by atomic mass is 16.2. The molecule has 6 nitrogen and oxygen atoms in total. The normalized spacial score (nSPS) is 10.2. The molecule has 0 aliphatic rings. The van der Waals surface area contributed by atoms with Gasteiger partial charge in [0.2, 0.25) is 11.8 Å². The first-order valence-electron chi connectivity index (χ1n) is 8.31. The highest BCUT2D eigenvalue weighted by Gasteiger charge is 2.09. The molecule has 0 bridgehead atoms. The molecule has 2 aromatic rings. The summed E-state index contributed by atoms with van der Waals surface area (Å²) in [6.45, 7) is 2.66. The number of amides is 2. The summed E-state index contributed by atoms with van der Waals surface area (Å²) in [7, 11) is 1.80. The second-order valence-electron chi connectivity index (χ2n) is 6.14. The Kier molecular flexibility index (Phi) is 6.89. The Labute approximate surface area is 153 Å². The number of likely N-dealkylation sites (N-methyl/N-ethyl adjacent to an activating group) is 1.